The lowest BCUT2D eigenvalue weighted by Crippen LogP contribution is -2.61. The molecule has 0 radical (unpaired) electrons. The Kier molecular flexibility index (Phi) is 5.51. The number of hydrogen-bond donors (Lipinski definition) is 3. The fraction of sp³-hybridized carbons (Fsp3) is 0.320. The van der Waals surface area contributed by atoms with E-state index in [9.17, 15) is 9.59 Å². The van der Waals surface area contributed by atoms with Crippen LogP contribution in [-0.4, -0.2) is 28.2 Å². The molecular weight excluding hydrogens is 388 g/mol. The molecule has 1 fully saturated rings. The molecule has 31 heavy (non-hydrogen) atoms. The van der Waals surface area contributed by atoms with Crippen LogP contribution in [-0.2, 0) is 17.8 Å². The number of benzene rings is 2. The zero-order valence-electron chi connectivity index (χ0n) is 17.6. The van der Waals surface area contributed by atoms with Crippen molar-refractivity contribution in [2.24, 2.45) is 0 Å². The van der Waals surface area contributed by atoms with Gasteiger partial charge >= 0.3 is 0 Å². The Balaban J connectivity index is 1.45. The predicted molar refractivity (Wildman–Crippen MR) is 119 cm³/mol. The van der Waals surface area contributed by atoms with Gasteiger partial charge in [-0.05, 0) is 48.1 Å². The van der Waals surface area contributed by atoms with Crippen LogP contribution in [0.2, 0.25) is 0 Å². The molecule has 0 unspecified atom stereocenters. The number of nitrogens with one attached hydrogen (secondary N) is 3. The second kappa shape index (κ2) is 8.27. The molecule has 0 spiro atoms. The third-order valence-corrected chi connectivity index (χ3v) is 6.23. The van der Waals surface area contributed by atoms with Crippen molar-refractivity contribution in [1.82, 2.24) is 15.5 Å². The number of hydrogen-bond acceptors (Lipinski definition) is 3. The molecule has 1 aliphatic carbocycles. The molecule has 3 N–H and O–H groups in total. The monoisotopic (exact) mass is 414 g/mol. The van der Waals surface area contributed by atoms with E-state index >= 15 is 0 Å². The van der Waals surface area contributed by atoms with E-state index < -0.39 is 5.54 Å². The lowest BCUT2D eigenvalue weighted by atomic mass is 9.90. The minimum atomic E-state index is -0.802. The second-order valence-corrected chi connectivity index (χ2v) is 8.17. The van der Waals surface area contributed by atoms with Gasteiger partial charge in [-0.15, -0.1) is 6.42 Å². The van der Waals surface area contributed by atoms with Crippen molar-refractivity contribution in [2.75, 3.05) is 0 Å². The van der Waals surface area contributed by atoms with E-state index in [4.69, 9.17) is 11.8 Å². The topological polar surface area (TPSA) is 85.3 Å². The number of aryl methyl sites for hydroxylation is 1. The number of carbonyl (C=O) groups excluding carboxylic acids is 2. The lowest BCUT2D eigenvalue weighted by molar-refractivity contribution is -0.130. The van der Waals surface area contributed by atoms with E-state index in [1.54, 1.807) is 18.2 Å². The summed E-state index contributed by atoms with van der Waals surface area (Å²) in [6.45, 7) is 2.11. The molecule has 1 heterocycles. The van der Waals surface area contributed by atoms with Gasteiger partial charge in [-0.1, -0.05) is 49.2 Å². The molecule has 2 amide bonds. The van der Waals surface area contributed by atoms with Gasteiger partial charge in [0.05, 0.1) is 19.0 Å². The maximum absolute atomic E-state index is 12.9. The highest BCUT2D eigenvalue weighted by molar-refractivity contribution is 6.00. The van der Waals surface area contributed by atoms with Crippen molar-refractivity contribution < 1.29 is 9.59 Å². The average molecular weight is 415 g/mol. The van der Waals surface area contributed by atoms with Gasteiger partial charge in [-0.25, -0.2) is 0 Å². The molecule has 1 saturated heterocycles. The second-order valence-electron chi connectivity index (χ2n) is 8.17. The first-order valence-corrected chi connectivity index (χ1v) is 10.6. The minimum Gasteiger partial charge on any atom is -0.345 e. The zero-order chi connectivity index (χ0) is 22.0. The number of rotatable bonds is 5. The summed E-state index contributed by atoms with van der Waals surface area (Å²) in [7, 11) is 0. The van der Waals surface area contributed by atoms with E-state index in [0.29, 0.717) is 12.0 Å². The first-order valence-electron chi connectivity index (χ1n) is 10.6. The van der Waals surface area contributed by atoms with Gasteiger partial charge in [0.25, 0.3) is 5.91 Å². The van der Waals surface area contributed by atoms with Crippen LogP contribution < -0.4 is 10.6 Å². The van der Waals surface area contributed by atoms with Gasteiger partial charge in [0, 0.05) is 5.56 Å². The van der Waals surface area contributed by atoms with Crippen LogP contribution in [0.1, 0.15) is 59.3 Å². The standard InChI is InChI=1S/C25H26N4O2/c1-3-25(4-2)15-22(30)29(24(26)28-25)16-17-8-7-10-19(14-17)23(31)27-21-13-12-18-9-5-6-11-20(18)21/h1,5-11,14,21H,4,12-13,15-16H2,2H3,(H2,26,28)(H,27,31)/t21-,25+/m0/s1. The molecule has 0 saturated carbocycles. The Morgan fingerprint density at radius 2 is 2.13 bits per heavy atom. The normalized spacial score (nSPS) is 22.5. The third kappa shape index (κ3) is 4.04. The predicted octanol–water partition coefficient (Wildman–Crippen LogP) is 3.14. The fourth-order valence-electron chi connectivity index (χ4n) is 4.33. The van der Waals surface area contributed by atoms with Crippen molar-refractivity contribution >= 4 is 17.8 Å². The van der Waals surface area contributed by atoms with E-state index in [1.165, 1.54) is 16.0 Å². The maximum atomic E-state index is 12.9. The SMILES string of the molecule is C#C[C@@]1(CC)CC(=O)N(Cc2cccc(C(=O)N[C@H]3CCc4ccccc43)c2)C(=N)N1. The summed E-state index contributed by atoms with van der Waals surface area (Å²) in [5.74, 6) is 2.29. The Morgan fingerprint density at radius 1 is 1.32 bits per heavy atom. The third-order valence-electron chi connectivity index (χ3n) is 6.23. The van der Waals surface area contributed by atoms with Gasteiger partial charge in [-0.2, -0.15) is 0 Å². The smallest absolute Gasteiger partial charge is 0.251 e. The molecule has 2 aromatic rings. The number of carbonyl (C=O) groups is 2. The van der Waals surface area contributed by atoms with Gasteiger partial charge in [0.15, 0.2) is 5.96 Å². The highest BCUT2D eigenvalue weighted by atomic mass is 16.2. The Morgan fingerprint density at radius 3 is 2.87 bits per heavy atom. The molecule has 2 aliphatic rings. The first kappa shape index (κ1) is 20.7. The van der Waals surface area contributed by atoms with Gasteiger partial charge < -0.3 is 10.6 Å². The lowest BCUT2D eigenvalue weighted by Gasteiger charge is -2.39. The highest BCUT2D eigenvalue weighted by Crippen LogP contribution is 2.31. The molecule has 6 heteroatoms. The number of terminal acetylenes is 1. The average Bonchev–Trinajstić information content (AvgIpc) is 3.19. The number of nitrogens with zero attached hydrogens (tertiary/aromatic N) is 1. The summed E-state index contributed by atoms with van der Waals surface area (Å²) in [4.78, 5) is 26.9. The summed E-state index contributed by atoms with van der Waals surface area (Å²) < 4.78 is 0. The quantitative estimate of drug-likeness (QED) is 0.657. The molecule has 6 nitrogen and oxygen atoms in total. The van der Waals surface area contributed by atoms with Crippen molar-refractivity contribution in [3.63, 3.8) is 0 Å². The summed E-state index contributed by atoms with van der Waals surface area (Å²) in [6.07, 6.45) is 8.16. The van der Waals surface area contributed by atoms with Crippen LogP contribution in [0, 0.1) is 17.8 Å². The van der Waals surface area contributed by atoms with Crippen molar-refractivity contribution in [2.45, 2.75) is 50.7 Å². The molecule has 0 bridgehead atoms. The fourth-order valence-corrected chi connectivity index (χ4v) is 4.33. The summed E-state index contributed by atoms with van der Waals surface area (Å²) in [5.41, 5.74) is 2.98. The van der Waals surface area contributed by atoms with Crippen LogP contribution >= 0.6 is 0 Å². The molecule has 1 aliphatic heterocycles. The van der Waals surface area contributed by atoms with Crippen LogP contribution in [0.4, 0.5) is 0 Å². The number of amides is 2. The Bertz CT molecular complexity index is 1070. The molecule has 4 rings (SSSR count). The van der Waals surface area contributed by atoms with Crippen LogP contribution in [0.15, 0.2) is 48.5 Å². The number of fused-ring (bicyclic) bond motifs is 1. The Labute approximate surface area is 182 Å². The molecule has 2 atom stereocenters. The first-order chi connectivity index (χ1) is 14.9. The van der Waals surface area contributed by atoms with Crippen LogP contribution in [0.3, 0.4) is 0 Å². The Hall–Kier alpha value is -3.59. The maximum Gasteiger partial charge on any atom is 0.251 e. The van der Waals surface area contributed by atoms with E-state index in [1.807, 2.05) is 25.1 Å². The van der Waals surface area contributed by atoms with Crippen molar-refractivity contribution in [3.8, 4) is 12.3 Å². The summed E-state index contributed by atoms with van der Waals surface area (Å²) in [5, 5.41) is 14.4. The van der Waals surface area contributed by atoms with Gasteiger partial charge in [-0.3, -0.25) is 19.9 Å². The van der Waals surface area contributed by atoms with E-state index in [2.05, 4.69) is 28.7 Å². The van der Waals surface area contributed by atoms with Gasteiger partial charge in [0.1, 0.15) is 5.54 Å². The van der Waals surface area contributed by atoms with Crippen LogP contribution in [0.5, 0.6) is 0 Å². The van der Waals surface area contributed by atoms with Crippen molar-refractivity contribution in [1.29, 1.82) is 5.41 Å². The van der Waals surface area contributed by atoms with E-state index in [-0.39, 0.29) is 36.8 Å². The summed E-state index contributed by atoms with van der Waals surface area (Å²) in [6, 6.07) is 15.4. The molecule has 0 aromatic heterocycles. The van der Waals surface area contributed by atoms with Crippen molar-refractivity contribution in [3.05, 3.63) is 70.8 Å². The minimum absolute atomic E-state index is 0.00605. The summed E-state index contributed by atoms with van der Waals surface area (Å²) >= 11 is 0. The largest absolute Gasteiger partial charge is 0.345 e. The van der Waals surface area contributed by atoms with E-state index in [0.717, 1.165) is 18.4 Å². The molecule has 158 valence electrons. The molecular formula is C25H26N4O2. The number of guanidine groups is 1. The zero-order valence-corrected chi connectivity index (χ0v) is 17.6. The molecule has 2 aromatic carbocycles. The van der Waals surface area contributed by atoms with Gasteiger partial charge in [0.2, 0.25) is 5.91 Å². The van der Waals surface area contributed by atoms with Crippen LogP contribution in [0.25, 0.3) is 0 Å². The highest BCUT2D eigenvalue weighted by Gasteiger charge is 2.39.